The molecule has 0 spiro atoms. The number of hydrogen-bond acceptors (Lipinski definition) is 3. The van der Waals surface area contributed by atoms with Crippen LogP contribution in [0.15, 0.2) is 24.3 Å². The summed E-state index contributed by atoms with van der Waals surface area (Å²) in [6.07, 6.45) is 2.19. The van der Waals surface area contributed by atoms with Gasteiger partial charge in [0.05, 0.1) is 10.6 Å². The van der Waals surface area contributed by atoms with Crippen LogP contribution in [0.5, 0.6) is 0 Å². The molecule has 0 amide bonds. The standard InChI is InChI=1S/C10H9ClOS2/c1-14-10(13)6-9(12)7-2-4-8(11)5-3-7/h2-5H,6H2,1H3. The number of carbonyl (C=O) groups excluding carboxylic acids is 1. The summed E-state index contributed by atoms with van der Waals surface area (Å²) in [7, 11) is 0. The Morgan fingerprint density at radius 3 is 2.50 bits per heavy atom. The molecule has 4 heteroatoms. The summed E-state index contributed by atoms with van der Waals surface area (Å²) in [6, 6.07) is 6.84. The molecule has 74 valence electrons. The van der Waals surface area contributed by atoms with Gasteiger partial charge in [0.1, 0.15) is 0 Å². The Hall–Kier alpha value is -0.380. The van der Waals surface area contributed by atoms with Gasteiger partial charge in [-0.15, -0.1) is 11.8 Å². The van der Waals surface area contributed by atoms with Crippen LogP contribution in [0, 0.1) is 0 Å². The normalized spacial score (nSPS) is 9.86. The van der Waals surface area contributed by atoms with Crippen molar-refractivity contribution in [2.45, 2.75) is 6.42 Å². The molecule has 1 aromatic carbocycles. The number of halogens is 1. The zero-order valence-electron chi connectivity index (χ0n) is 7.62. The lowest BCUT2D eigenvalue weighted by atomic mass is 10.1. The Labute approximate surface area is 97.8 Å². The highest BCUT2D eigenvalue weighted by molar-refractivity contribution is 8.22. The van der Waals surface area contributed by atoms with E-state index in [1.54, 1.807) is 24.3 Å². The minimum Gasteiger partial charge on any atom is -0.294 e. The molecule has 0 fully saturated rings. The molecule has 0 saturated heterocycles. The fourth-order valence-corrected chi connectivity index (χ4v) is 1.47. The molecular weight excluding hydrogens is 236 g/mol. The zero-order valence-corrected chi connectivity index (χ0v) is 10.0. The average Bonchev–Trinajstić information content (AvgIpc) is 2.18. The van der Waals surface area contributed by atoms with Gasteiger partial charge in [0.15, 0.2) is 5.78 Å². The number of thiocarbonyl (C=S) groups is 1. The van der Waals surface area contributed by atoms with Crippen molar-refractivity contribution in [3.05, 3.63) is 34.9 Å². The minimum atomic E-state index is 0.0426. The molecule has 0 bridgehead atoms. The van der Waals surface area contributed by atoms with E-state index in [1.807, 2.05) is 6.26 Å². The molecule has 0 N–H and O–H groups in total. The number of carbonyl (C=O) groups is 1. The maximum atomic E-state index is 11.6. The predicted molar refractivity (Wildman–Crippen MR) is 66.5 cm³/mol. The molecule has 0 aliphatic rings. The van der Waals surface area contributed by atoms with Gasteiger partial charge in [-0.2, -0.15) is 0 Å². The maximum absolute atomic E-state index is 11.6. The van der Waals surface area contributed by atoms with Crippen LogP contribution in [0.1, 0.15) is 16.8 Å². The minimum absolute atomic E-state index is 0.0426. The second-order valence-electron chi connectivity index (χ2n) is 2.68. The van der Waals surface area contributed by atoms with Crippen LogP contribution in [0.4, 0.5) is 0 Å². The second kappa shape index (κ2) is 5.49. The first-order chi connectivity index (χ1) is 6.63. The molecule has 0 unspecified atom stereocenters. The first-order valence-corrected chi connectivity index (χ1v) is 6.00. The van der Waals surface area contributed by atoms with Gasteiger partial charge >= 0.3 is 0 Å². The van der Waals surface area contributed by atoms with Crippen LogP contribution in [-0.4, -0.2) is 16.2 Å². The third-order valence-electron chi connectivity index (χ3n) is 1.70. The SMILES string of the molecule is CSC(=S)CC(=O)c1ccc(Cl)cc1. The van der Waals surface area contributed by atoms with Crippen LogP contribution in [0.3, 0.4) is 0 Å². The molecule has 0 radical (unpaired) electrons. The van der Waals surface area contributed by atoms with Crippen molar-refractivity contribution in [3.63, 3.8) is 0 Å². The fraction of sp³-hybridized carbons (Fsp3) is 0.200. The number of hydrogen-bond donors (Lipinski definition) is 0. The summed E-state index contributed by atoms with van der Waals surface area (Å²) in [5.41, 5.74) is 0.658. The zero-order chi connectivity index (χ0) is 10.6. The van der Waals surface area contributed by atoms with Crippen LogP contribution in [-0.2, 0) is 0 Å². The Balaban J connectivity index is 2.70. The van der Waals surface area contributed by atoms with Gasteiger partial charge in [-0.05, 0) is 30.5 Å². The maximum Gasteiger partial charge on any atom is 0.168 e. The van der Waals surface area contributed by atoms with E-state index < -0.39 is 0 Å². The van der Waals surface area contributed by atoms with Gasteiger partial charge in [-0.1, -0.05) is 23.8 Å². The van der Waals surface area contributed by atoms with E-state index in [1.165, 1.54) is 11.8 Å². The highest BCUT2D eigenvalue weighted by Crippen LogP contribution is 2.13. The van der Waals surface area contributed by atoms with Gasteiger partial charge in [0.25, 0.3) is 0 Å². The van der Waals surface area contributed by atoms with Crippen molar-refractivity contribution in [3.8, 4) is 0 Å². The van der Waals surface area contributed by atoms with Crippen molar-refractivity contribution in [1.29, 1.82) is 0 Å². The molecule has 0 heterocycles. The number of thioether (sulfide) groups is 1. The summed E-state index contributed by atoms with van der Waals surface area (Å²) >= 11 is 12.1. The molecule has 1 nitrogen and oxygen atoms in total. The highest BCUT2D eigenvalue weighted by Gasteiger charge is 2.07. The van der Waals surface area contributed by atoms with Gasteiger partial charge in [-0.25, -0.2) is 0 Å². The Kier molecular flexibility index (Phi) is 4.58. The second-order valence-corrected chi connectivity index (χ2v) is 4.77. The Morgan fingerprint density at radius 1 is 1.43 bits per heavy atom. The lowest BCUT2D eigenvalue weighted by Gasteiger charge is -2.00. The topological polar surface area (TPSA) is 17.1 Å². The van der Waals surface area contributed by atoms with Crippen molar-refractivity contribution in [1.82, 2.24) is 0 Å². The van der Waals surface area contributed by atoms with Gasteiger partial charge in [0, 0.05) is 10.6 Å². The van der Waals surface area contributed by atoms with Gasteiger partial charge < -0.3 is 0 Å². The Morgan fingerprint density at radius 2 is 2.00 bits per heavy atom. The van der Waals surface area contributed by atoms with Crippen LogP contribution >= 0.6 is 35.6 Å². The van der Waals surface area contributed by atoms with E-state index >= 15 is 0 Å². The molecular formula is C10H9ClOS2. The molecule has 0 aliphatic heterocycles. The number of rotatable bonds is 3. The number of Topliss-reactive ketones (excluding diaryl/α,β-unsaturated/α-hetero) is 1. The average molecular weight is 245 g/mol. The van der Waals surface area contributed by atoms with Gasteiger partial charge in [-0.3, -0.25) is 4.79 Å². The Bertz CT molecular complexity index is 346. The quantitative estimate of drug-likeness (QED) is 0.597. The lowest BCUT2D eigenvalue weighted by Crippen LogP contribution is -2.03. The summed E-state index contributed by atoms with van der Waals surface area (Å²) in [6.45, 7) is 0. The van der Waals surface area contributed by atoms with Crippen molar-refractivity contribution < 1.29 is 4.79 Å². The van der Waals surface area contributed by atoms with E-state index in [0.717, 1.165) is 0 Å². The molecule has 1 aromatic rings. The van der Waals surface area contributed by atoms with E-state index in [2.05, 4.69) is 0 Å². The third-order valence-corrected chi connectivity index (χ3v) is 3.19. The van der Waals surface area contributed by atoms with E-state index in [9.17, 15) is 4.79 Å². The molecule has 0 atom stereocenters. The van der Waals surface area contributed by atoms with Crippen molar-refractivity contribution >= 4 is 45.6 Å². The van der Waals surface area contributed by atoms with Crippen molar-refractivity contribution in [2.75, 3.05) is 6.26 Å². The van der Waals surface area contributed by atoms with Crippen LogP contribution < -0.4 is 0 Å². The fourth-order valence-electron chi connectivity index (χ4n) is 0.941. The lowest BCUT2D eigenvalue weighted by molar-refractivity contribution is 0.100. The summed E-state index contributed by atoms with van der Waals surface area (Å²) in [5.74, 6) is 0.0426. The smallest absolute Gasteiger partial charge is 0.168 e. The van der Waals surface area contributed by atoms with Crippen LogP contribution in [0.25, 0.3) is 0 Å². The molecule has 0 aliphatic carbocycles. The third kappa shape index (κ3) is 3.40. The van der Waals surface area contributed by atoms with Crippen molar-refractivity contribution in [2.24, 2.45) is 0 Å². The summed E-state index contributed by atoms with van der Waals surface area (Å²) in [5, 5.41) is 0.633. The molecule has 0 aromatic heterocycles. The van der Waals surface area contributed by atoms with Crippen LogP contribution in [0.2, 0.25) is 5.02 Å². The molecule has 1 rings (SSSR count). The molecule has 14 heavy (non-hydrogen) atoms. The first-order valence-electron chi connectivity index (χ1n) is 3.99. The largest absolute Gasteiger partial charge is 0.294 e. The first kappa shape index (κ1) is 11.7. The van der Waals surface area contributed by atoms with E-state index in [-0.39, 0.29) is 5.78 Å². The highest BCUT2D eigenvalue weighted by atomic mass is 35.5. The van der Waals surface area contributed by atoms with E-state index in [0.29, 0.717) is 21.2 Å². The summed E-state index contributed by atoms with van der Waals surface area (Å²) < 4.78 is 0.713. The number of ketones is 1. The predicted octanol–water partition coefficient (Wildman–Crippen LogP) is 3.60. The number of benzene rings is 1. The van der Waals surface area contributed by atoms with E-state index in [4.69, 9.17) is 23.8 Å². The molecule has 0 saturated carbocycles. The summed E-state index contributed by atoms with van der Waals surface area (Å²) in [4.78, 5) is 11.6. The monoisotopic (exact) mass is 244 g/mol. The van der Waals surface area contributed by atoms with Gasteiger partial charge in [0.2, 0.25) is 0 Å².